The van der Waals surface area contributed by atoms with Crippen LogP contribution in [0.1, 0.15) is 54.6 Å². The summed E-state index contributed by atoms with van der Waals surface area (Å²) in [6, 6.07) is 32.3. The number of halogens is 2. The lowest BCUT2D eigenvalue weighted by Gasteiger charge is -2.18. The Bertz CT molecular complexity index is 3160. The van der Waals surface area contributed by atoms with Crippen LogP contribution < -0.4 is 9.47 Å². The Morgan fingerprint density at radius 3 is 1.47 bits per heavy atom. The minimum atomic E-state index is -1.33. The third-order valence-electron chi connectivity index (χ3n) is 12.0. The molecule has 392 valence electrons. The van der Waals surface area contributed by atoms with Gasteiger partial charge < -0.3 is 33.2 Å². The molecule has 1 unspecified atom stereocenters. The zero-order valence-corrected chi connectivity index (χ0v) is 43.4. The highest BCUT2D eigenvalue weighted by Crippen LogP contribution is 2.41. The van der Waals surface area contributed by atoms with E-state index in [0.717, 1.165) is 101 Å². The number of carboxylic acid groups (broad SMARTS) is 1. The van der Waals surface area contributed by atoms with Crippen molar-refractivity contribution >= 4 is 28.5 Å². The molecule has 0 fully saturated rings. The highest BCUT2D eigenvalue weighted by molar-refractivity contribution is 7.98. The number of nitrogens with zero attached hydrogens (tertiary/aromatic N) is 8. The van der Waals surface area contributed by atoms with Crippen LogP contribution in [0.2, 0.25) is 0 Å². The monoisotopic (exact) mass is 1060 g/mol. The number of aryl methyl sites for hydroxylation is 2. The van der Waals surface area contributed by atoms with Crippen LogP contribution in [0.25, 0.3) is 45.3 Å². The lowest BCUT2D eigenvalue weighted by atomic mass is 10.1. The minimum Gasteiger partial charge on any atom is -0.497 e. The molecule has 4 aromatic carbocycles. The number of benzene rings is 4. The summed E-state index contributed by atoms with van der Waals surface area (Å²) >= 11 is 1.50. The summed E-state index contributed by atoms with van der Waals surface area (Å²) in [5.41, 5.74) is 8.49. The van der Waals surface area contributed by atoms with Gasteiger partial charge in [0.2, 0.25) is 5.16 Å². The van der Waals surface area contributed by atoms with E-state index in [9.17, 15) is 13.0 Å². The van der Waals surface area contributed by atoms with E-state index in [-0.39, 0.29) is 28.9 Å². The van der Waals surface area contributed by atoms with E-state index < -0.39 is 16.8 Å². The number of hydrogen-bond donors (Lipinski definition) is 3. The van der Waals surface area contributed by atoms with E-state index >= 15 is 0 Å². The van der Waals surface area contributed by atoms with Crippen LogP contribution in [-0.4, -0.2) is 105 Å². The van der Waals surface area contributed by atoms with Gasteiger partial charge in [-0.2, -0.15) is 0 Å². The Morgan fingerprint density at radius 1 is 0.653 bits per heavy atom. The molecule has 75 heavy (non-hydrogen) atoms. The number of rotatable bonds is 16. The number of carbonyl (C=O) groups is 1. The second kappa shape index (κ2) is 26.8. The predicted octanol–water partition coefficient (Wildman–Crippen LogP) is 10.3. The normalized spacial score (nSPS) is 14.5. The molecule has 10 rings (SSSR count). The average molecular weight is 1060 g/mol. The second-order valence-electron chi connectivity index (χ2n) is 16.9. The van der Waals surface area contributed by atoms with Crippen LogP contribution in [-0.2, 0) is 51.1 Å². The lowest BCUT2D eigenvalue weighted by molar-refractivity contribution is -0.176. The quantitative estimate of drug-likeness (QED) is 0.0355. The van der Waals surface area contributed by atoms with Crippen molar-refractivity contribution in [2.45, 2.75) is 68.2 Å². The molecule has 0 radical (unpaired) electrons. The van der Waals surface area contributed by atoms with Gasteiger partial charge in [0.1, 0.15) is 34.8 Å². The van der Waals surface area contributed by atoms with Gasteiger partial charge in [0.25, 0.3) is 5.97 Å². The van der Waals surface area contributed by atoms with Crippen molar-refractivity contribution in [3.8, 4) is 56.8 Å². The lowest BCUT2D eigenvalue weighted by Crippen LogP contribution is -2.13. The molecular weight excluding hydrogens is 1010 g/mol. The van der Waals surface area contributed by atoms with Crippen LogP contribution in [0.3, 0.4) is 0 Å². The first kappa shape index (κ1) is 55.5. The maximum atomic E-state index is 13.6. The molecule has 21 heteroatoms. The molecule has 2 aliphatic heterocycles. The van der Waals surface area contributed by atoms with Gasteiger partial charge in [0.15, 0.2) is 5.16 Å². The number of imidazole rings is 2. The second-order valence-corrected chi connectivity index (χ2v) is 19.0. The Kier molecular flexibility index (Phi) is 19.8. The van der Waals surface area contributed by atoms with E-state index in [1.807, 2.05) is 60.9 Å². The van der Waals surface area contributed by atoms with Crippen LogP contribution in [0, 0.1) is 11.6 Å². The van der Waals surface area contributed by atoms with E-state index in [4.69, 9.17) is 54.3 Å². The third kappa shape index (κ3) is 14.1. The smallest absolute Gasteiger partial charge is 0.300 e. The number of hydrogen-bond acceptors (Lipinski definition) is 15. The van der Waals surface area contributed by atoms with E-state index in [1.165, 1.54) is 36.0 Å². The van der Waals surface area contributed by atoms with E-state index in [1.54, 1.807) is 63.2 Å². The van der Waals surface area contributed by atoms with Gasteiger partial charge in [-0.25, -0.2) is 38.7 Å². The van der Waals surface area contributed by atoms with Gasteiger partial charge >= 0.3 is 0 Å². The van der Waals surface area contributed by atoms with Crippen molar-refractivity contribution in [2.75, 3.05) is 39.9 Å². The number of aromatic nitrogens is 8. The van der Waals surface area contributed by atoms with Gasteiger partial charge in [0, 0.05) is 49.5 Å². The van der Waals surface area contributed by atoms with Crippen molar-refractivity contribution in [3.05, 3.63) is 156 Å². The number of ether oxygens (including phenoxy) is 4. The number of carboxylic acids is 1. The molecule has 0 spiro atoms. The fraction of sp³-hybridized carbons (Fsp3) is 0.278. The standard InChI is InChI=1S/C26H25FN4O3S.C26H25FN4O2S.C2H4O2.H2O2/c1-33-21-10-3-17(4-11-21)15-34-16-20-9-12-23-30-24(18-5-7-19(27)8-6-18)25(31(20)23)22-13-14-28-26(29-22)35(2)32;1-32-21-10-3-17(4-11-21)15-33-16-20-9-12-23-30-24(18-5-7-19(27)8-6-18)25(31(20)23)22-13-14-28-26(29-22)34-2;1-2(3)4;1-2/h3-8,10-11,13-14,20H,9,12,15-16H2,1-2H3;3-8,10-11,13-14,20H,9,12,15-16H2,1-2H3;1H3,(H,3,4);1-2H/t20-,35?;20-;;/m00../s1. The van der Waals surface area contributed by atoms with Crippen LogP contribution in [0.15, 0.2) is 132 Å². The van der Waals surface area contributed by atoms with Crippen molar-refractivity contribution < 1.29 is 52.4 Å². The molecule has 2 aliphatic rings. The molecule has 8 aromatic rings. The first-order chi connectivity index (χ1) is 36.4. The Balaban J connectivity index is 0.000000198. The summed E-state index contributed by atoms with van der Waals surface area (Å²) in [4.78, 5) is 36.7. The summed E-state index contributed by atoms with van der Waals surface area (Å²) in [5.74, 6) is 2.15. The van der Waals surface area contributed by atoms with Gasteiger partial charge in [-0.05, 0) is 115 Å². The van der Waals surface area contributed by atoms with Crippen molar-refractivity contribution in [1.29, 1.82) is 0 Å². The number of thioether (sulfide) groups is 1. The van der Waals surface area contributed by atoms with Crippen molar-refractivity contribution in [1.82, 2.24) is 39.0 Å². The van der Waals surface area contributed by atoms with Crippen LogP contribution in [0.4, 0.5) is 8.78 Å². The van der Waals surface area contributed by atoms with Gasteiger partial charge in [-0.15, -0.1) is 0 Å². The Hall–Kier alpha value is -7.27. The molecule has 0 saturated heterocycles. The summed E-state index contributed by atoms with van der Waals surface area (Å²) < 4.78 is 66.4. The summed E-state index contributed by atoms with van der Waals surface area (Å²) in [5, 5.41) is 20.4. The Labute approximate surface area is 439 Å². The predicted molar refractivity (Wildman–Crippen MR) is 280 cm³/mol. The largest absolute Gasteiger partial charge is 0.497 e. The number of fused-ring (bicyclic) bond motifs is 2. The molecule has 0 bridgehead atoms. The molecule has 0 amide bonds. The van der Waals surface area contributed by atoms with E-state index in [0.29, 0.717) is 43.0 Å². The average Bonchev–Trinajstić information content (AvgIpc) is 4.22. The number of methoxy groups -OCH3 is 2. The van der Waals surface area contributed by atoms with E-state index in [2.05, 4.69) is 24.1 Å². The zero-order valence-electron chi connectivity index (χ0n) is 41.8. The fourth-order valence-electron chi connectivity index (χ4n) is 8.62. The van der Waals surface area contributed by atoms with Crippen LogP contribution in [0.5, 0.6) is 11.5 Å². The minimum absolute atomic E-state index is 0.0606. The van der Waals surface area contributed by atoms with Gasteiger partial charge in [-0.3, -0.25) is 19.5 Å². The molecule has 3 atom stereocenters. The molecule has 6 heterocycles. The molecule has 0 aliphatic carbocycles. The molecule has 3 N–H and O–H groups in total. The Morgan fingerprint density at radius 2 is 1.07 bits per heavy atom. The maximum Gasteiger partial charge on any atom is 0.300 e. The molecule has 0 saturated carbocycles. The maximum absolute atomic E-state index is 13.6. The topological polar surface area (TPSA) is 219 Å². The summed E-state index contributed by atoms with van der Waals surface area (Å²) in [6.07, 6.45) is 10.4. The highest BCUT2D eigenvalue weighted by Gasteiger charge is 2.33. The third-order valence-corrected chi connectivity index (χ3v) is 13.3. The zero-order chi connectivity index (χ0) is 53.4. The molecule has 17 nitrogen and oxygen atoms in total. The molecular formula is C54H56F2N8O9S2. The fourth-order valence-corrected chi connectivity index (χ4v) is 9.41. The van der Waals surface area contributed by atoms with Crippen molar-refractivity contribution in [3.63, 3.8) is 0 Å². The van der Waals surface area contributed by atoms with Gasteiger partial charge in [0.05, 0.1) is 97.7 Å². The first-order valence-electron chi connectivity index (χ1n) is 23.5. The first-order valence-corrected chi connectivity index (χ1v) is 26.3. The van der Waals surface area contributed by atoms with Crippen LogP contribution >= 0.6 is 11.8 Å². The van der Waals surface area contributed by atoms with Gasteiger partial charge in [-0.1, -0.05) is 36.0 Å². The van der Waals surface area contributed by atoms with Crippen molar-refractivity contribution in [2.24, 2.45) is 0 Å². The SMILES string of the molecule is CC(=O)O.COc1ccc(COC[C@@H]2CCc3nc(-c4ccc(F)cc4)c(-c4ccnc(S(C)=O)n4)n32)cc1.COc1ccc(COC[C@@H]2CCc3nc(-c4ccc(F)cc4)c(-c4ccnc(SC)n4)n32)cc1.OO. The summed E-state index contributed by atoms with van der Waals surface area (Å²) in [7, 11) is 1.98. The number of aliphatic carboxylic acids is 1. The molecule has 4 aromatic heterocycles. The highest BCUT2D eigenvalue weighted by atomic mass is 32.2. The summed E-state index contributed by atoms with van der Waals surface area (Å²) in [6.45, 7) is 3.15.